The lowest BCUT2D eigenvalue weighted by atomic mass is 9.65. The van der Waals surface area contributed by atoms with Gasteiger partial charge in [0.2, 0.25) is 0 Å². The zero-order valence-corrected chi connectivity index (χ0v) is 18.0. The summed E-state index contributed by atoms with van der Waals surface area (Å²) >= 11 is 0. The highest BCUT2D eigenvalue weighted by molar-refractivity contribution is 6.11. The van der Waals surface area contributed by atoms with E-state index in [1.807, 2.05) is 31.2 Å². The predicted molar refractivity (Wildman–Crippen MR) is 113 cm³/mol. The Morgan fingerprint density at radius 2 is 1.97 bits per heavy atom. The number of rotatable bonds is 4. The maximum atomic E-state index is 13.3. The average molecular weight is 399 g/mol. The Kier molecular flexibility index (Phi) is 4.73. The van der Waals surface area contributed by atoms with Gasteiger partial charge in [-0.1, -0.05) is 39.0 Å². The minimum absolute atomic E-state index is 0.0520. The topological polar surface area (TPSA) is 75.6 Å². The minimum atomic E-state index is -0.484. The quantitative estimate of drug-likeness (QED) is 0.693. The number of aromatic amines is 1. The summed E-state index contributed by atoms with van der Waals surface area (Å²) in [5.74, 6) is -0.536. The fourth-order valence-electron chi connectivity index (χ4n) is 6.10. The van der Waals surface area contributed by atoms with Crippen LogP contribution in [0.25, 0.3) is 10.9 Å². The molecule has 2 heterocycles. The number of esters is 1. The summed E-state index contributed by atoms with van der Waals surface area (Å²) < 4.78 is 4.91. The van der Waals surface area contributed by atoms with Crippen molar-refractivity contribution >= 4 is 28.5 Å². The summed E-state index contributed by atoms with van der Waals surface area (Å²) in [7, 11) is 1.35. The molecule has 2 aliphatic rings. The van der Waals surface area contributed by atoms with Crippen LogP contribution in [0.15, 0.2) is 24.3 Å². The average Bonchev–Trinajstić information content (AvgIpc) is 3.14. The highest BCUT2D eigenvalue weighted by Gasteiger charge is 2.54. The number of carbonyl (C=O) groups excluding carboxylic acids is 2. The first-order valence-corrected chi connectivity index (χ1v) is 10.5. The first-order valence-electron chi connectivity index (χ1n) is 10.5. The number of benzene rings is 1. The lowest BCUT2D eigenvalue weighted by Gasteiger charge is -2.37. The molecule has 2 bridgehead atoms. The van der Waals surface area contributed by atoms with Gasteiger partial charge in [0.1, 0.15) is 5.69 Å². The van der Waals surface area contributed by atoms with Crippen molar-refractivity contribution in [2.24, 2.45) is 10.8 Å². The molecule has 156 valence electrons. The molecule has 1 amide bonds. The number of anilines is 1. The zero-order chi connectivity index (χ0) is 21.0. The van der Waals surface area contributed by atoms with Crippen LogP contribution in [0.2, 0.25) is 0 Å². The number of hydrogen-bond acceptors (Lipinski definition) is 3. The highest BCUT2D eigenvalue weighted by Crippen LogP contribution is 2.47. The summed E-state index contributed by atoms with van der Waals surface area (Å²) in [6.07, 6.45) is 3.54. The number of carbonyl (C=O) groups is 2. The normalized spacial score (nSPS) is 28.9. The number of quaternary nitrogens is 1. The van der Waals surface area contributed by atoms with E-state index in [9.17, 15) is 9.59 Å². The number of fused-ring (bicyclic) bond motifs is 3. The van der Waals surface area contributed by atoms with Crippen molar-refractivity contribution in [3.05, 3.63) is 30.0 Å². The van der Waals surface area contributed by atoms with Crippen molar-refractivity contribution in [1.29, 1.82) is 0 Å². The third-order valence-electron chi connectivity index (χ3n) is 6.89. The molecule has 1 aliphatic heterocycles. The summed E-state index contributed by atoms with van der Waals surface area (Å²) in [6.45, 7) is 10.1. The number of likely N-dealkylation sites (tertiary alicyclic amines) is 1. The van der Waals surface area contributed by atoms with E-state index in [2.05, 4.69) is 31.1 Å². The van der Waals surface area contributed by atoms with Crippen molar-refractivity contribution in [3.8, 4) is 0 Å². The van der Waals surface area contributed by atoms with E-state index >= 15 is 0 Å². The van der Waals surface area contributed by atoms with E-state index in [-0.39, 0.29) is 17.6 Å². The zero-order valence-electron chi connectivity index (χ0n) is 18.0. The van der Waals surface area contributed by atoms with Crippen LogP contribution in [-0.4, -0.2) is 42.6 Å². The van der Waals surface area contributed by atoms with E-state index in [1.165, 1.54) is 24.9 Å². The van der Waals surface area contributed by atoms with Crippen molar-refractivity contribution < 1.29 is 19.2 Å². The summed E-state index contributed by atoms with van der Waals surface area (Å²) in [5, 5.41) is 3.86. The van der Waals surface area contributed by atoms with Gasteiger partial charge in [-0.2, -0.15) is 0 Å². The second-order valence-corrected chi connectivity index (χ2v) is 10.1. The van der Waals surface area contributed by atoms with Crippen LogP contribution in [0, 0.1) is 10.8 Å². The number of ether oxygens (including phenoxy) is 1. The molecule has 6 heteroatoms. The molecule has 1 aliphatic carbocycles. The third kappa shape index (κ3) is 3.54. The van der Waals surface area contributed by atoms with Crippen LogP contribution in [0.1, 0.15) is 57.4 Å². The maximum Gasteiger partial charge on any atom is 0.356 e. The van der Waals surface area contributed by atoms with Gasteiger partial charge in [0.05, 0.1) is 25.4 Å². The van der Waals surface area contributed by atoms with Crippen molar-refractivity contribution in [1.82, 2.24) is 4.98 Å². The fraction of sp³-hybridized carbons (Fsp3) is 0.565. The Morgan fingerprint density at radius 1 is 1.24 bits per heavy atom. The standard InChI is InChI=1S/C23H31N3O3/c1-14(26-13-23(4)11-15(26)10-22(2,3)12-23)20(27)25-18-16-8-6-7-9-17(16)24-19(18)21(28)29-5/h6-9,14-15,24H,10-13H2,1-5H3,(H,25,27)/p+1/t14-,15+,23+/m0/s1. The summed E-state index contributed by atoms with van der Waals surface area (Å²) in [6, 6.07) is 7.90. The van der Waals surface area contributed by atoms with Crippen LogP contribution in [0.3, 0.4) is 0 Å². The van der Waals surface area contributed by atoms with Gasteiger partial charge in [0.25, 0.3) is 5.91 Å². The van der Waals surface area contributed by atoms with E-state index in [1.54, 1.807) is 0 Å². The SMILES string of the molecule is COC(=O)c1[nH]c2ccccc2c1NC(=O)[C@H](C)[NH+]1C[C@]2(C)C[C@H]1CC(C)(C)C2. The number of aromatic nitrogens is 1. The smallest absolute Gasteiger partial charge is 0.356 e. The molecule has 0 spiro atoms. The van der Waals surface area contributed by atoms with Gasteiger partial charge in [-0.3, -0.25) is 4.79 Å². The molecule has 4 atom stereocenters. The van der Waals surface area contributed by atoms with E-state index < -0.39 is 5.97 Å². The molecule has 1 aromatic heterocycles. The lowest BCUT2D eigenvalue weighted by molar-refractivity contribution is -0.928. The molecular formula is C23H32N3O3+. The summed E-state index contributed by atoms with van der Waals surface area (Å²) in [5.41, 5.74) is 2.23. The van der Waals surface area contributed by atoms with Gasteiger partial charge < -0.3 is 19.9 Å². The van der Waals surface area contributed by atoms with E-state index in [0.29, 0.717) is 22.6 Å². The Balaban J connectivity index is 1.60. The van der Waals surface area contributed by atoms with Crippen molar-refractivity contribution in [2.45, 2.75) is 59.0 Å². The Labute approximate surface area is 172 Å². The van der Waals surface area contributed by atoms with Crippen LogP contribution < -0.4 is 10.2 Å². The monoisotopic (exact) mass is 398 g/mol. The minimum Gasteiger partial charge on any atom is -0.464 e. The number of para-hydroxylation sites is 1. The molecule has 4 rings (SSSR count). The molecule has 29 heavy (non-hydrogen) atoms. The van der Waals surface area contributed by atoms with Crippen molar-refractivity contribution in [3.63, 3.8) is 0 Å². The molecule has 3 N–H and O–H groups in total. The van der Waals surface area contributed by atoms with Gasteiger partial charge >= 0.3 is 5.97 Å². The van der Waals surface area contributed by atoms with Crippen molar-refractivity contribution in [2.75, 3.05) is 19.0 Å². The van der Waals surface area contributed by atoms with Crippen LogP contribution in [0.5, 0.6) is 0 Å². The van der Waals surface area contributed by atoms with Gasteiger partial charge in [-0.05, 0) is 24.8 Å². The second-order valence-electron chi connectivity index (χ2n) is 10.1. The fourth-order valence-corrected chi connectivity index (χ4v) is 6.10. The Bertz CT molecular complexity index is 963. The molecule has 2 fully saturated rings. The highest BCUT2D eigenvalue weighted by atomic mass is 16.5. The predicted octanol–water partition coefficient (Wildman–Crippen LogP) is 2.77. The van der Waals surface area contributed by atoms with Crippen LogP contribution in [-0.2, 0) is 9.53 Å². The molecule has 2 aromatic rings. The molecule has 1 saturated heterocycles. The summed E-state index contributed by atoms with van der Waals surface area (Å²) in [4.78, 5) is 30.0. The molecular weight excluding hydrogens is 366 g/mol. The van der Waals surface area contributed by atoms with Gasteiger partial charge in [-0.15, -0.1) is 0 Å². The van der Waals surface area contributed by atoms with Gasteiger partial charge in [-0.25, -0.2) is 4.79 Å². The molecule has 1 aromatic carbocycles. The Morgan fingerprint density at radius 3 is 2.69 bits per heavy atom. The van der Waals surface area contributed by atoms with Crippen LogP contribution in [0.4, 0.5) is 5.69 Å². The Hall–Kier alpha value is -2.34. The lowest BCUT2D eigenvalue weighted by Crippen LogP contribution is -3.18. The van der Waals surface area contributed by atoms with E-state index in [0.717, 1.165) is 23.9 Å². The second kappa shape index (κ2) is 6.87. The number of methoxy groups -OCH3 is 1. The maximum absolute atomic E-state index is 13.3. The first-order chi connectivity index (χ1) is 13.6. The van der Waals surface area contributed by atoms with E-state index in [4.69, 9.17) is 4.74 Å². The number of amides is 1. The number of hydrogen-bond donors (Lipinski definition) is 3. The molecule has 1 unspecified atom stereocenters. The van der Waals surface area contributed by atoms with Crippen LogP contribution >= 0.6 is 0 Å². The largest absolute Gasteiger partial charge is 0.464 e. The van der Waals surface area contributed by atoms with Gasteiger partial charge in [0, 0.05) is 29.2 Å². The molecule has 1 saturated carbocycles. The first kappa shape index (κ1) is 20.0. The number of nitrogens with one attached hydrogen (secondary N) is 3. The molecule has 0 radical (unpaired) electrons. The molecule has 6 nitrogen and oxygen atoms in total. The third-order valence-corrected chi connectivity index (χ3v) is 6.89. The number of H-pyrrole nitrogens is 1. The van der Waals surface area contributed by atoms with Gasteiger partial charge in [0.15, 0.2) is 6.04 Å².